The van der Waals surface area contributed by atoms with Gasteiger partial charge in [0.25, 0.3) is 0 Å². The van der Waals surface area contributed by atoms with Crippen LogP contribution in [0.2, 0.25) is 0 Å². The van der Waals surface area contributed by atoms with E-state index in [2.05, 4.69) is 5.16 Å². The second kappa shape index (κ2) is 3.64. The number of nitrogens with zero attached hydrogens (tertiary/aromatic N) is 1. The maximum atomic E-state index is 11.2. The van der Waals surface area contributed by atoms with Crippen LogP contribution in [-0.4, -0.2) is 19.8 Å². The predicted octanol–water partition coefficient (Wildman–Crippen LogP) is 1.33. The number of anilines is 1. The van der Waals surface area contributed by atoms with Gasteiger partial charge in [-0.15, -0.1) is 0 Å². The molecule has 0 unspecified atom stereocenters. The van der Waals surface area contributed by atoms with E-state index in [-0.39, 0.29) is 10.8 Å². The molecule has 0 aliphatic carbocycles. The number of hydrogen-bond donors (Lipinski definition) is 1. The average molecular weight is 238 g/mol. The maximum Gasteiger partial charge on any atom is 0.222 e. The highest BCUT2D eigenvalue weighted by Crippen LogP contribution is 2.21. The lowest BCUT2D eigenvalue weighted by atomic mass is 10.1. The Kier molecular flexibility index (Phi) is 2.43. The Labute approximate surface area is 92.8 Å². The number of nitrogens with two attached hydrogens (primary N) is 1. The van der Waals surface area contributed by atoms with Gasteiger partial charge in [0.2, 0.25) is 5.88 Å². The van der Waals surface area contributed by atoms with E-state index in [9.17, 15) is 8.42 Å². The van der Waals surface area contributed by atoms with Gasteiger partial charge in [0.05, 0.1) is 4.90 Å². The summed E-state index contributed by atoms with van der Waals surface area (Å²) in [6, 6.07) is 7.95. The first-order chi connectivity index (χ1) is 7.47. The fourth-order valence-electron chi connectivity index (χ4n) is 1.30. The van der Waals surface area contributed by atoms with Gasteiger partial charge >= 0.3 is 0 Å². The van der Waals surface area contributed by atoms with Gasteiger partial charge in [0, 0.05) is 17.9 Å². The van der Waals surface area contributed by atoms with Crippen molar-refractivity contribution in [2.45, 2.75) is 4.90 Å². The van der Waals surface area contributed by atoms with Crippen molar-refractivity contribution >= 4 is 15.7 Å². The largest absolute Gasteiger partial charge is 0.368 e. The summed E-state index contributed by atoms with van der Waals surface area (Å²) in [4.78, 5) is 0.271. The quantitative estimate of drug-likeness (QED) is 0.852. The van der Waals surface area contributed by atoms with E-state index in [4.69, 9.17) is 10.3 Å². The highest BCUT2D eigenvalue weighted by Gasteiger charge is 2.08. The third-order valence-corrected chi connectivity index (χ3v) is 3.24. The normalized spacial score (nSPS) is 11.6. The molecule has 0 aliphatic heterocycles. The van der Waals surface area contributed by atoms with Crippen molar-refractivity contribution in [3.63, 3.8) is 0 Å². The van der Waals surface area contributed by atoms with E-state index < -0.39 is 9.84 Å². The molecule has 2 aromatic rings. The summed E-state index contributed by atoms with van der Waals surface area (Å²) in [6.07, 6.45) is 1.16. The number of benzene rings is 1. The zero-order chi connectivity index (χ0) is 11.8. The molecule has 2 rings (SSSR count). The second-order valence-electron chi connectivity index (χ2n) is 3.41. The molecule has 0 atom stereocenters. The summed E-state index contributed by atoms with van der Waals surface area (Å²) in [5.74, 6) is 0.224. The average Bonchev–Trinajstić information content (AvgIpc) is 2.64. The zero-order valence-electron chi connectivity index (χ0n) is 8.54. The van der Waals surface area contributed by atoms with Crippen LogP contribution in [-0.2, 0) is 9.84 Å². The molecule has 0 saturated carbocycles. The van der Waals surface area contributed by atoms with Gasteiger partial charge in [-0.3, -0.25) is 0 Å². The third-order valence-electron chi connectivity index (χ3n) is 2.11. The molecule has 0 amide bonds. The molecule has 1 aromatic carbocycles. The van der Waals surface area contributed by atoms with Gasteiger partial charge in [0.15, 0.2) is 9.84 Å². The molecule has 0 spiro atoms. The lowest BCUT2D eigenvalue weighted by Crippen LogP contribution is -1.96. The summed E-state index contributed by atoms with van der Waals surface area (Å²) in [5.41, 5.74) is 6.73. The topological polar surface area (TPSA) is 86.2 Å². The second-order valence-corrected chi connectivity index (χ2v) is 5.43. The van der Waals surface area contributed by atoms with Gasteiger partial charge < -0.3 is 10.3 Å². The summed E-state index contributed by atoms with van der Waals surface area (Å²) >= 11 is 0. The molecule has 0 saturated heterocycles. The zero-order valence-corrected chi connectivity index (χ0v) is 9.36. The maximum absolute atomic E-state index is 11.2. The Bertz CT molecular complexity index is 599. The fourth-order valence-corrected chi connectivity index (χ4v) is 1.93. The lowest BCUT2D eigenvalue weighted by Gasteiger charge is -1.99. The highest BCUT2D eigenvalue weighted by molar-refractivity contribution is 7.90. The summed E-state index contributed by atoms with van der Waals surface area (Å²) in [5, 5.41) is 3.73. The first kappa shape index (κ1) is 10.7. The van der Waals surface area contributed by atoms with Crippen molar-refractivity contribution in [2.24, 2.45) is 0 Å². The number of hydrogen-bond acceptors (Lipinski definition) is 5. The van der Waals surface area contributed by atoms with Crippen molar-refractivity contribution in [1.82, 2.24) is 5.16 Å². The van der Waals surface area contributed by atoms with Gasteiger partial charge in [-0.1, -0.05) is 17.3 Å². The van der Waals surface area contributed by atoms with E-state index in [1.807, 2.05) is 0 Å². The molecule has 0 fully saturated rings. The van der Waals surface area contributed by atoms with Crippen LogP contribution < -0.4 is 5.73 Å². The smallest absolute Gasteiger partial charge is 0.222 e. The van der Waals surface area contributed by atoms with Crippen LogP contribution in [0, 0.1) is 0 Å². The molecule has 16 heavy (non-hydrogen) atoms. The standard InChI is InChI=1S/C10H10N2O3S/c1-16(13,14)8-4-2-7(3-5-8)9-6-10(11)15-12-9/h2-6H,11H2,1H3. The molecule has 1 heterocycles. The Balaban J connectivity index is 2.40. The van der Waals surface area contributed by atoms with Crippen molar-refractivity contribution in [1.29, 1.82) is 0 Å². The van der Waals surface area contributed by atoms with E-state index >= 15 is 0 Å². The molecule has 5 nitrogen and oxygen atoms in total. The van der Waals surface area contributed by atoms with Crippen LogP contribution in [0.1, 0.15) is 0 Å². The Morgan fingerprint density at radius 2 is 1.88 bits per heavy atom. The molecular formula is C10H10N2O3S. The van der Waals surface area contributed by atoms with Crippen LogP contribution in [0.3, 0.4) is 0 Å². The highest BCUT2D eigenvalue weighted by atomic mass is 32.2. The van der Waals surface area contributed by atoms with Crippen LogP contribution in [0.4, 0.5) is 5.88 Å². The minimum atomic E-state index is -3.17. The fraction of sp³-hybridized carbons (Fsp3) is 0.100. The number of nitrogen functional groups attached to an aromatic ring is 1. The van der Waals surface area contributed by atoms with Gasteiger partial charge in [-0.2, -0.15) is 0 Å². The Morgan fingerprint density at radius 1 is 1.25 bits per heavy atom. The minimum Gasteiger partial charge on any atom is -0.368 e. The Morgan fingerprint density at radius 3 is 2.31 bits per heavy atom. The van der Waals surface area contributed by atoms with Crippen molar-refractivity contribution in [2.75, 3.05) is 12.0 Å². The molecule has 6 heteroatoms. The SMILES string of the molecule is CS(=O)(=O)c1ccc(-c2cc(N)on2)cc1. The minimum absolute atomic E-state index is 0.224. The van der Waals surface area contributed by atoms with E-state index in [0.717, 1.165) is 11.8 Å². The molecule has 2 N–H and O–H groups in total. The molecule has 84 valence electrons. The Hall–Kier alpha value is -1.82. The number of sulfone groups is 1. The van der Waals surface area contributed by atoms with Gasteiger partial charge in [-0.25, -0.2) is 8.42 Å². The van der Waals surface area contributed by atoms with E-state index in [0.29, 0.717) is 5.69 Å². The van der Waals surface area contributed by atoms with Crippen molar-refractivity contribution in [3.05, 3.63) is 30.3 Å². The monoisotopic (exact) mass is 238 g/mol. The third kappa shape index (κ3) is 2.06. The molecule has 0 radical (unpaired) electrons. The first-order valence-corrected chi connectivity index (χ1v) is 6.38. The van der Waals surface area contributed by atoms with Crippen LogP contribution >= 0.6 is 0 Å². The van der Waals surface area contributed by atoms with Gasteiger partial charge in [0.1, 0.15) is 5.69 Å². The van der Waals surface area contributed by atoms with Crippen LogP contribution in [0.25, 0.3) is 11.3 Å². The molecular weight excluding hydrogens is 228 g/mol. The molecule has 1 aromatic heterocycles. The van der Waals surface area contributed by atoms with Crippen molar-refractivity contribution < 1.29 is 12.9 Å². The predicted molar refractivity (Wildman–Crippen MR) is 59.5 cm³/mol. The summed E-state index contributed by atoms with van der Waals surface area (Å²) in [6.45, 7) is 0. The lowest BCUT2D eigenvalue weighted by molar-refractivity contribution is 0.439. The van der Waals surface area contributed by atoms with E-state index in [1.54, 1.807) is 18.2 Å². The molecule has 0 bridgehead atoms. The summed E-state index contributed by atoms with van der Waals surface area (Å²) < 4.78 is 27.2. The molecule has 0 aliphatic rings. The van der Waals surface area contributed by atoms with Crippen molar-refractivity contribution in [3.8, 4) is 11.3 Å². The summed E-state index contributed by atoms with van der Waals surface area (Å²) in [7, 11) is -3.17. The number of aromatic nitrogens is 1. The van der Waals surface area contributed by atoms with E-state index in [1.165, 1.54) is 12.1 Å². The first-order valence-electron chi connectivity index (χ1n) is 4.49. The number of rotatable bonds is 2. The van der Waals surface area contributed by atoms with Crippen LogP contribution in [0.5, 0.6) is 0 Å². The van der Waals surface area contributed by atoms with Crippen LogP contribution in [0.15, 0.2) is 39.8 Å². The van der Waals surface area contributed by atoms with Gasteiger partial charge in [-0.05, 0) is 12.1 Å².